The number of aryl methyl sites for hydroxylation is 3. The van der Waals surface area contributed by atoms with Gasteiger partial charge in [0, 0.05) is 78.0 Å². The topological polar surface area (TPSA) is 383 Å². The number of esters is 1. The number of carbonyl (C=O) groups excluding carboxylic acids is 2. The number of carbonyl (C=O) groups is 5. The second-order valence-electron chi connectivity index (χ2n) is 23.7. The minimum Gasteiger partial charge on any atom is -0.483 e. The predicted molar refractivity (Wildman–Crippen MR) is 431 cm³/mol. The standard InChI is InChI=1S/C22H24BrN3O3.C19H18BrN3O.C19H14BrN3.C17H16BrN3.3CH2O2/c1-2-17(27)13-29-21(28)9-6-14-4-3-5-15(10-14)11-20-25-19-8-7-16(23)12-18(19)22(24)26-20;1-12(24)5-6-13-3-2-4-14(9-13)10-18-22-17-8-7-15(20)11-16(17)19(21)23-18;20-15-7-8-17-16(11-15)19(21)23-18(22-17)10-12-5-6-13-3-1-2-4-14(13)9-12;1-2-11-5-3-4-6-12(11)9-16-20-15-8-7-13(18)10-14(15)17(19)21-16;3*2-1-3/h3-5,7-8,10,12,17,27H,2,6,9,11,13H2,1H3,(H2,24,25,26);2-4,7-9,11H,5-6,10H2,1H3,(H2,21,22,23);1-9,11H,10H2,(H2,21,22,23);3-8,10H,2,9H2,1H3,(H2,19,20,21);3*1H,(H,2,3). The highest BCUT2D eigenvalue weighted by Gasteiger charge is 2.14. The lowest BCUT2D eigenvalue weighted by Crippen LogP contribution is -2.17. The van der Waals surface area contributed by atoms with Crippen molar-refractivity contribution in [3.05, 3.63) is 268 Å². The summed E-state index contributed by atoms with van der Waals surface area (Å²) in [7, 11) is 0. The lowest BCUT2D eigenvalue weighted by atomic mass is 10.0. The van der Waals surface area contributed by atoms with Gasteiger partial charge < -0.3 is 52.9 Å². The van der Waals surface area contributed by atoms with Crippen molar-refractivity contribution in [2.24, 2.45) is 0 Å². The molecule has 9 aromatic carbocycles. The fourth-order valence-corrected chi connectivity index (χ4v) is 12.3. The van der Waals surface area contributed by atoms with E-state index < -0.39 is 6.10 Å². The van der Waals surface area contributed by atoms with E-state index in [-0.39, 0.29) is 44.2 Å². The zero-order chi connectivity index (χ0) is 76.7. The Morgan fingerprint density at radius 2 is 0.764 bits per heavy atom. The molecule has 4 heterocycles. The van der Waals surface area contributed by atoms with E-state index in [1.165, 1.54) is 27.5 Å². The van der Waals surface area contributed by atoms with E-state index in [0.717, 1.165) is 108 Å². The molecule has 0 radical (unpaired) electrons. The van der Waals surface area contributed by atoms with Crippen LogP contribution in [0.2, 0.25) is 0 Å². The zero-order valence-corrected chi connectivity index (χ0v) is 64.5. The first-order valence-corrected chi connectivity index (χ1v) is 36.4. The van der Waals surface area contributed by atoms with Crippen molar-refractivity contribution in [3.63, 3.8) is 0 Å². The summed E-state index contributed by atoms with van der Waals surface area (Å²) in [6, 6.07) is 62.7. The number of aliphatic hydroxyl groups is 1. The number of nitrogens with zero attached hydrogens (tertiary/aromatic N) is 8. The minimum absolute atomic E-state index is 0.0483. The number of carboxylic acid groups (broad SMARTS) is 3. The fraction of sp³-hybridized carbons (Fsp3) is 0.188. The molecular weight excluding hydrogens is 1610 g/mol. The lowest BCUT2D eigenvalue weighted by molar-refractivity contribution is -0.146. The van der Waals surface area contributed by atoms with Crippen molar-refractivity contribution in [2.45, 2.75) is 91.1 Å². The van der Waals surface area contributed by atoms with Gasteiger partial charge in [0.15, 0.2) is 0 Å². The summed E-state index contributed by atoms with van der Waals surface area (Å²) in [5.41, 5.74) is 35.9. The van der Waals surface area contributed by atoms with Crippen molar-refractivity contribution in [3.8, 4) is 0 Å². The van der Waals surface area contributed by atoms with E-state index in [1.807, 2.05) is 128 Å². The number of ketones is 1. The SMILES string of the molecule is CC(=O)CCc1cccc(Cc2nc(N)c3cc(Br)ccc3n2)c1.CCC(O)COC(=O)CCc1cccc(Cc2nc(N)c3cc(Br)ccc3n2)c1.CCc1ccccc1Cc1nc(N)c2cc(Br)ccc2n1.Nc1nc(Cc2ccc3ccccc3c2)nc2ccc(Br)cc12.O=CO.O=CO.O=CO. The van der Waals surface area contributed by atoms with Crippen LogP contribution in [0.4, 0.5) is 23.3 Å². The molecule has 1 unspecified atom stereocenters. The highest BCUT2D eigenvalue weighted by atomic mass is 79.9. The molecule has 26 heteroatoms. The third kappa shape index (κ3) is 25.8. The molecule has 0 saturated heterocycles. The number of fused-ring (bicyclic) bond motifs is 5. The summed E-state index contributed by atoms with van der Waals surface area (Å²) < 4.78 is 8.92. The van der Waals surface area contributed by atoms with Crippen molar-refractivity contribution in [2.75, 3.05) is 29.5 Å². The number of halogens is 4. The average Bonchev–Trinajstić information content (AvgIpc) is 0.825. The number of ether oxygens (including phenoxy) is 1. The van der Waals surface area contributed by atoms with Gasteiger partial charge in [-0.1, -0.05) is 193 Å². The zero-order valence-electron chi connectivity index (χ0n) is 58.1. The van der Waals surface area contributed by atoms with E-state index >= 15 is 0 Å². The van der Waals surface area contributed by atoms with Crippen LogP contribution in [0, 0.1) is 0 Å². The highest BCUT2D eigenvalue weighted by Crippen LogP contribution is 2.29. The molecule has 13 aromatic rings. The van der Waals surface area contributed by atoms with Crippen LogP contribution in [-0.4, -0.2) is 104 Å². The molecule has 1 atom stereocenters. The Kier molecular flexibility index (Phi) is 32.9. The first-order chi connectivity index (χ1) is 51.0. The van der Waals surface area contributed by atoms with Gasteiger partial charge in [0.2, 0.25) is 0 Å². The largest absolute Gasteiger partial charge is 0.483 e. The average molecular weight is 1690 g/mol. The Hall–Kier alpha value is -10.8. The van der Waals surface area contributed by atoms with Gasteiger partial charge in [-0.25, -0.2) is 39.9 Å². The molecule has 12 N–H and O–H groups in total. The number of nitrogens with two attached hydrogens (primary N) is 4. The van der Waals surface area contributed by atoms with Gasteiger partial charge in [0.05, 0.1) is 28.2 Å². The van der Waals surface area contributed by atoms with Gasteiger partial charge >= 0.3 is 5.97 Å². The molecule has 0 fully saturated rings. The molecule has 0 spiro atoms. The van der Waals surface area contributed by atoms with Crippen molar-refractivity contribution in [1.29, 1.82) is 0 Å². The Morgan fingerprint density at radius 3 is 1.15 bits per heavy atom. The van der Waals surface area contributed by atoms with Crippen LogP contribution in [0.25, 0.3) is 54.4 Å². The number of hydrogen-bond acceptors (Lipinski definition) is 19. The Morgan fingerprint density at radius 1 is 0.415 bits per heavy atom. The summed E-state index contributed by atoms with van der Waals surface area (Å²) in [5.74, 6) is 4.77. The molecule has 0 saturated carbocycles. The molecule has 546 valence electrons. The van der Waals surface area contributed by atoms with Gasteiger partial charge in [0.1, 0.15) is 59.0 Å². The van der Waals surface area contributed by atoms with E-state index in [2.05, 4.69) is 177 Å². The van der Waals surface area contributed by atoms with Crippen LogP contribution in [0.15, 0.2) is 206 Å². The number of aromatic nitrogens is 8. The number of Topliss-reactive ketones (excluding diaryl/α,β-unsaturated/α-hetero) is 1. The Balaban J connectivity index is 0.000000191. The molecule has 0 bridgehead atoms. The van der Waals surface area contributed by atoms with E-state index in [4.69, 9.17) is 57.4 Å². The van der Waals surface area contributed by atoms with Crippen LogP contribution < -0.4 is 22.9 Å². The molecule has 0 aliphatic rings. The molecule has 0 amide bonds. The first kappa shape index (κ1) is 82.5. The molecule has 13 rings (SSSR count). The van der Waals surface area contributed by atoms with Crippen LogP contribution >= 0.6 is 63.7 Å². The van der Waals surface area contributed by atoms with E-state index in [1.54, 1.807) is 6.92 Å². The second-order valence-corrected chi connectivity index (χ2v) is 27.3. The summed E-state index contributed by atoms with van der Waals surface area (Å²) >= 11 is 13.8. The van der Waals surface area contributed by atoms with Crippen molar-refractivity contribution < 1.29 is 49.1 Å². The normalized spacial score (nSPS) is 10.7. The summed E-state index contributed by atoms with van der Waals surface area (Å²) in [6.07, 6.45) is 5.69. The van der Waals surface area contributed by atoms with Gasteiger partial charge in [-0.05, 0) is 155 Å². The summed E-state index contributed by atoms with van der Waals surface area (Å²) in [4.78, 5) is 84.3. The van der Waals surface area contributed by atoms with Crippen LogP contribution in [-0.2, 0) is 73.7 Å². The molecule has 4 aromatic heterocycles. The molecule has 22 nitrogen and oxygen atoms in total. The van der Waals surface area contributed by atoms with Crippen LogP contribution in [0.1, 0.15) is 102 Å². The molecule has 0 aliphatic carbocycles. The third-order valence-corrected chi connectivity index (χ3v) is 17.9. The number of rotatable bonds is 18. The number of aliphatic hydroxyl groups excluding tert-OH is 1. The molecule has 106 heavy (non-hydrogen) atoms. The first-order valence-electron chi connectivity index (χ1n) is 33.2. The highest BCUT2D eigenvalue weighted by molar-refractivity contribution is 9.11. The predicted octanol–water partition coefficient (Wildman–Crippen LogP) is 15.8. The van der Waals surface area contributed by atoms with Crippen LogP contribution in [0.5, 0.6) is 0 Å². The smallest absolute Gasteiger partial charge is 0.306 e. The maximum Gasteiger partial charge on any atom is 0.306 e. The van der Waals surface area contributed by atoms with E-state index in [9.17, 15) is 14.7 Å². The lowest BCUT2D eigenvalue weighted by Gasteiger charge is -2.09. The summed E-state index contributed by atoms with van der Waals surface area (Å²) in [5, 5.41) is 36.0. The van der Waals surface area contributed by atoms with Crippen LogP contribution in [0.3, 0.4) is 0 Å². The maximum atomic E-state index is 11.8. The minimum atomic E-state index is -0.599. The fourth-order valence-electron chi connectivity index (χ4n) is 10.9. The maximum absolute atomic E-state index is 11.8. The number of benzene rings is 9. The third-order valence-electron chi connectivity index (χ3n) is 16.0. The Labute approximate surface area is 645 Å². The van der Waals surface area contributed by atoms with Crippen molar-refractivity contribution in [1.82, 2.24) is 39.9 Å². The summed E-state index contributed by atoms with van der Waals surface area (Å²) in [6.45, 7) is 4.92. The quantitative estimate of drug-likeness (QED) is 0.0292. The monoisotopic (exact) mass is 1680 g/mol. The van der Waals surface area contributed by atoms with E-state index in [0.29, 0.717) is 79.9 Å². The second kappa shape index (κ2) is 42.3. The molecule has 0 aliphatic heterocycles. The van der Waals surface area contributed by atoms with Gasteiger partial charge in [0.25, 0.3) is 19.4 Å². The number of nitrogen functional groups attached to an aromatic ring is 4. The molecular formula is C80H78Br4N12O10. The van der Waals surface area contributed by atoms with Gasteiger partial charge in [-0.2, -0.15) is 0 Å². The number of hydrogen-bond donors (Lipinski definition) is 8. The van der Waals surface area contributed by atoms with Crippen molar-refractivity contribution >= 4 is 173 Å². The van der Waals surface area contributed by atoms with Gasteiger partial charge in [-0.3, -0.25) is 19.2 Å². The Bertz CT molecular complexity index is 5160. The number of anilines is 4. The van der Waals surface area contributed by atoms with Gasteiger partial charge in [-0.15, -0.1) is 0 Å².